The number of anilines is 3. The second-order valence-electron chi connectivity index (χ2n) is 9.20. The van der Waals surface area contributed by atoms with E-state index in [-0.39, 0.29) is 0 Å². The Kier molecular flexibility index (Phi) is 5.15. The van der Waals surface area contributed by atoms with Gasteiger partial charge in [0.05, 0.1) is 5.69 Å². The summed E-state index contributed by atoms with van der Waals surface area (Å²) in [6.07, 6.45) is 1.86. The number of fused-ring (bicyclic) bond motifs is 3. The number of hydrogen-bond donors (Lipinski definition) is 0. The minimum absolute atomic E-state index is 0.891. The van der Waals surface area contributed by atoms with E-state index >= 15 is 0 Å². The van der Waals surface area contributed by atoms with E-state index < -0.39 is 0 Å². The van der Waals surface area contributed by atoms with Crippen molar-refractivity contribution in [3.05, 3.63) is 146 Å². The first kappa shape index (κ1) is 21.3. The van der Waals surface area contributed by atoms with E-state index in [0.29, 0.717) is 0 Å². The second kappa shape index (κ2) is 8.92. The third-order valence-electron chi connectivity index (χ3n) is 7.08. The van der Waals surface area contributed by atoms with Crippen molar-refractivity contribution in [3.8, 4) is 11.1 Å². The highest BCUT2D eigenvalue weighted by molar-refractivity contribution is 6.24. The zero-order chi connectivity index (χ0) is 24.6. The van der Waals surface area contributed by atoms with Crippen LogP contribution in [-0.2, 0) is 0 Å². The number of para-hydroxylation sites is 1. The lowest BCUT2D eigenvalue weighted by Gasteiger charge is -2.28. The van der Waals surface area contributed by atoms with E-state index in [1.165, 1.54) is 43.4 Å². The van der Waals surface area contributed by atoms with Gasteiger partial charge in [-0.3, -0.25) is 4.90 Å². The molecular formula is C35H24N2. The van der Waals surface area contributed by atoms with Gasteiger partial charge < -0.3 is 0 Å². The molecule has 1 heterocycles. The zero-order valence-electron chi connectivity index (χ0n) is 20.3. The first-order chi connectivity index (χ1) is 18.4. The van der Waals surface area contributed by atoms with Crippen LogP contribution < -0.4 is 4.90 Å². The molecule has 174 valence electrons. The Morgan fingerprint density at radius 1 is 0.432 bits per heavy atom. The Labute approximate surface area is 216 Å². The molecule has 1 aromatic heterocycles. The van der Waals surface area contributed by atoms with Crippen molar-refractivity contribution < 1.29 is 0 Å². The summed E-state index contributed by atoms with van der Waals surface area (Å²) in [7, 11) is 0. The van der Waals surface area contributed by atoms with Crippen molar-refractivity contribution in [2.45, 2.75) is 0 Å². The molecule has 0 fully saturated rings. The lowest BCUT2D eigenvalue weighted by atomic mass is 9.88. The summed E-state index contributed by atoms with van der Waals surface area (Å²) in [5, 5.41) is 7.35. The van der Waals surface area contributed by atoms with E-state index in [0.717, 1.165) is 17.2 Å². The molecule has 0 spiro atoms. The van der Waals surface area contributed by atoms with Gasteiger partial charge in [0, 0.05) is 22.7 Å². The minimum atomic E-state index is 0.891. The molecule has 0 saturated carbocycles. The van der Waals surface area contributed by atoms with Crippen LogP contribution in [0.2, 0.25) is 0 Å². The summed E-state index contributed by atoms with van der Waals surface area (Å²) >= 11 is 0. The molecule has 0 aliphatic rings. The molecule has 0 amide bonds. The van der Waals surface area contributed by atoms with Crippen LogP contribution in [0.4, 0.5) is 17.2 Å². The van der Waals surface area contributed by atoms with Crippen LogP contribution in [0.3, 0.4) is 0 Å². The average Bonchev–Trinajstić information content (AvgIpc) is 2.98. The summed E-state index contributed by atoms with van der Waals surface area (Å²) < 4.78 is 0. The maximum absolute atomic E-state index is 4.79. The van der Waals surface area contributed by atoms with Gasteiger partial charge in [-0.25, -0.2) is 4.98 Å². The molecule has 0 bridgehead atoms. The normalized spacial score (nSPS) is 11.2. The molecule has 0 aliphatic heterocycles. The molecule has 0 radical (unpaired) electrons. The molecule has 0 atom stereocenters. The van der Waals surface area contributed by atoms with Crippen LogP contribution >= 0.6 is 0 Å². The highest BCUT2D eigenvalue weighted by Gasteiger charge is 2.22. The quantitative estimate of drug-likeness (QED) is 0.237. The fourth-order valence-corrected chi connectivity index (χ4v) is 5.52. The third kappa shape index (κ3) is 3.54. The van der Waals surface area contributed by atoms with E-state index in [1.807, 2.05) is 18.3 Å². The van der Waals surface area contributed by atoms with Crippen LogP contribution in [0.15, 0.2) is 146 Å². The van der Waals surface area contributed by atoms with E-state index in [4.69, 9.17) is 4.98 Å². The summed E-state index contributed by atoms with van der Waals surface area (Å²) in [6, 6.07) is 49.4. The molecule has 7 aromatic rings. The van der Waals surface area contributed by atoms with Gasteiger partial charge in [-0.05, 0) is 56.9 Å². The highest BCUT2D eigenvalue weighted by atomic mass is 15.2. The molecule has 6 aromatic carbocycles. The molecule has 2 heteroatoms. The van der Waals surface area contributed by atoms with Crippen LogP contribution in [0, 0.1) is 0 Å². The van der Waals surface area contributed by atoms with E-state index in [1.54, 1.807) is 0 Å². The van der Waals surface area contributed by atoms with Gasteiger partial charge in [-0.1, -0.05) is 115 Å². The Morgan fingerprint density at radius 3 is 1.68 bits per heavy atom. The fourth-order valence-electron chi connectivity index (χ4n) is 5.52. The van der Waals surface area contributed by atoms with Crippen molar-refractivity contribution >= 4 is 49.5 Å². The molecule has 2 nitrogen and oxygen atoms in total. The number of rotatable bonds is 4. The highest BCUT2D eigenvalue weighted by Crippen LogP contribution is 2.48. The van der Waals surface area contributed by atoms with Crippen molar-refractivity contribution in [1.82, 2.24) is 4.98 Å². The number of pyridine rings is 1. The molecular weight excluding hydrogens is 448 g/mol. The maximum atomic E-state index is 4.79. The maximum Gasteiger partial charge on any atom is 0.137 e. The van der Waals surface area contributed by atoms with Gasteiger partial charge in [-0.15, -0.1) is 0 Å². The van der Waals surface area contributed by atoms with Crippen LogP contribution in [0.1, 0.15) is 0 Å². The Balaban J connectivity index is 1.65. The first-order valence-electron chi connectivity index (χ1n) is 12.6. The molecule has 0 saturated heterocycles. The lowest BCUT2D eigenvalue weighted by molar-refractivity contribution is 1.19. The number of benzene rings is 6. The van der Waals surface area contributed by atoms with Crippen LogP contribution in [-0.4, -0.2) is 4.98 Å². The standard InChI is InChI=1S/C35H24N2/c1-2-15-26(16-3-1)37(33-23-10-11-24-36-33)35-31-20-8-6-18-29(31)34(30-19-7-9-21-32(30)35)28-22-12-14-25-13-4-5-17-27(25)28/h1-24H. The van der Waals surface area contributed by atoms with Crippen LogP contribution in [0.25, 0.3) is 43.4 Å². The summed E-state index contributed by atoms with van der Waals surface area (Å²) in [6.45, 7) is 0. The number of hydrogen-bond acceptors (Lipinski definition) is 2. The van der Waals surface area contributed by atoms with Crippen molar-refractivity contribution in [1.29, 1.82) is 0 Å². The Hall–Kier alpha value is -4.95. The fraction of sp³-hybridized carbons (Fsp3) is 0. The summed E-state index contributed by atoms with van der Waals surface area (Å²) in [4.78, 5) is 7.08. The average molecular weight is 473 g/mol. The predicted molar refractivity (Wildman–Crippen MR) is 157 cm³/mol. The van der Waals surface area contributed by atoms with Crippen molar-refractivity contribution in [3.63, 3.8) is 0 Å². The molecule has 7 rings (SSSR count). The smallest absolute Gasteiger partial charge is 0.137 e. The van der Waals surface area contributed by atoms with Gasteiger partial charge in [0.1, 0.15) is 5.82 Å². The minimum Gasteiger partial charge on any atom is -0.294 e. The summed E-state index contributed by atoms with van der Waals surface area (Å²) in [5.41, 5.74) is 4.73. The van der Waals surface area contributed by atoms with E-state index in [2.05, 4.69) is 132 Å². The number of nitrogens with zero attached hydrogens (tertiary/aromatic N) is 2. The SMILES string of the molecule is c1ccc(N(c2ccccn2)c2c3ccccc3c(-c3cccc4ccccc34)c3ccccc23)cc1. The lowest BCUT2D eigenvalue weighted by Crippen LogP contribution is -2.12. The van der Waals surface area contributed by atoms with Gasteiger partial charge in [0.25, 0.3) is 0 Å². The van der Waals surface area contributed by atoms with Gasteiger partial charge in [0.15, 0.2) is 0 Å². The first-order valence-corrected chi connectivity index (χ1v) is 12.6. The largest absolute Gasteiger partial charge is 0.294 e. The monoisotopic (exact) mass is 472 g/mol. The molecule has 0 unspecified atom stereocenters. The third-order valence-corrected chi connectivity index (χ3v) is 7.08. The molecule has 37 heavy (non-hydrogen) atoms. The van der Waals surface area contributed by atoms with Gasteiger partial charge in [0.2, 0.25) is 0 Å². The second-order valence-corrected chi connectivity index (χ2v) is 9.20. The van der Waals surface area contributed by atoms with Crippen molar-refractivity contribution in [2.75, 3.05) is 4.90 Å². The van der Waals surface area contributed by atoms with Crippen molar-refractivity contribution in [2.24, 2.45) is 0 Å². The summed E-state index contributed by atoms with van der Waals surface area (Å²) in [5.74, 6) is 0.891. The topological polar surface area (TPSA) is 16.1 Å². The van der Waals surface area contributed by atoms with Gasteiger partial charge >= 0.3 is 0 Å². The Bertz CT molecular complexity index is 1770. The Morgan fingerprint density at radius 2 is 1.00 bits per heavy atom. The van der Waals surface area contributed by atoms with E-state index in [9.17, 15) is 0 Å². The van der Waals surface area contributed by atoms with Gasteiger partial charge in [-0.2, -0.15) is 0 Å². The number of aromatic nitrogens is 1. The zero-order valence-corrected chi connectivity index (χ0v) is 20.3. The predicted octanol–water partition coefficient (Wildman–Crippen LogP) is 9.68. The molecule has 0 N–H and O–H groups in total. The van der Waals surface area contributed by atoms with Crippen LogP contribution in [0.5, 0.6) is 0 Å². The molecule has 0 aliphatic carbocycles.